The lowest BCUT2D eigenvalue weighted by Crippen LogP contribution is -2.26. The number of rotatable bonds is 6. The fraction of sp³-hybridized carbons (Fsp3) is 0.0938. The van der Waals surface area contributed by atoms with Crippen LogP contribution in [0.5, 0.6) is 0 Å². The lowest BCUT2D eigenvalue weighted by atomic mass is 9.78. The van der Waals surface area contributed by atoms with Crippen LogP contribution in [-0.2, 0) is 10.2 Å². The van der Waals surface area contributed by atoms with Crippen LogP contribution in [0, 0.1) is 11.3 Å². The summed E-state index contributed by atoms with van der Waals surface area (Å²) in [6, 6.07) is 36.2. The second-order valence-electron chi connectivity index (χ2n) is 9.39. The molecule has 1 N–H and O–H groups in total. The lowest BCUT2D eigenvalue weighted by Gasteiger charge is -2.28. The van der Waals surface area contributed by atoms with Gasteiger partial charge in [0.15, 0.2) is 0 Å². The third kappa shape index (κ3) is 4.53. The van der Waals surface area contributed by atoms with E-state index in [-0.39, 0.29) is 11.0 Å². The molecule has 5 nitrogen and oxygen atoms in total. The standard InChI is InChI=1S/C32H25N3O2/c1-32(2)28-20-27(35(25-9-5-3-6-10-25)26-11-7-4-8-12-26)17-18-29(28)34-30(32)23-15-13-22(14-16-23)19-24(21-33)31(36)37/h3-20H,1-2H3,(H,36,37)/b24-19-. The number of fused-ring (bicyclic) bond motifs is 1. The number of benzene rings is 4. The van der Waals surface area contributed by atoms with Crippen molar-refractivity contribution < 1.29 is 9.90 Å². The maximum atomic E-state index is 11.2. The van der Waals surface area contributed by atoms with E-state index in [1.165, 1.54) is 6.08 Å². The van der Waals surface area contributed by atoms with E-state index in [1.807, 2.05) is 60.7 Å². The van der Waals surface area contributed by atoms with Crippen molar-refractivity contribution in [2.75, 3.05) is 4.90 Å². The molecule has 0 bridgehead atoms. The number of nitriles is 1. The SMILES string of the molecule is CC1(C)C(c2ccc(/C=C(/C#N)C(=O)O)cc2)=Nc2ccc(N(c3ccccc3)c3ccccc3)cc21. The van der Waals surface area contributed by atoms with Crippen molar-refractivity contribution >= 4 is 40.5 Å². The molecule has 5 rings (SSSR count). The normalized spacial score (nSPS) is 13.9. The molecule has 0 saturated carbocycles. The van der Waals surface area contributed by atoms with E-state index in [4.69, 9.17) is 15.4 Å². The van der Waals surface area contributed by atoms with E-state index in [0.717, 1.165) is 39.6 Å². The zero-order valence-electron chi connectivity index (χ0n) is 20.6. The number of hydrogen-bond donors (Lipinski definition) is 1. The second-order valence-corrected chi connectivity index (χ2v) is 9.39. The molecular weight excluding hydrogens is 458 g/mol. The predicted molar refractivity (Wildman–Crippen MR) is 148 cm³/mol. The Labute approximate surface area is 216 Å². The van der Waals surface area contributed by atoms with Gasteiger partial charge in [-0.05, 0) is 65.2 Å². The highest BCUT2D eigenvalue weighted by Crippen LogP contribution is 2.45. The zero-order chi connectivity index (χ0) is 26.0. The van der Waals surface area contributed by atoms with Gasteiger partial charge in [0.1, 0.15) is 11.6 Å². The molecule has 0 radical (unpaired) electrons. The average Bonchev–Trinajstić information content (AvgIpc) is 3.19. The molecule has 1 aliphatic rings. The predicted octanol–water partition coefficient (Wildman–Crippen LogP) is 7.56. The fourth-order valence-electron chi connectivity index (χ4n) is 4.72. The van der Waals surface area contributed by atoms with Crippen LogP contribution in [0.3, 0.4) is 0 Å². The summed E-state index contributed by atoms with van der Waals surface area (Å²) in [5.74, 6) is -1.24. The lowest BCUT2D eigenvalue weighted by molar-refractivity contribution is -0.132. The van der Waals surface area contributed by atoms with Crippen molar-refractivity contribution in [1.29, 1.82) is 5.26 Å². The molecule has 4 aromatic carbocycles. The Hall–Kier alpha value is -4.95. The molecule has 0 saturated heterocycles. The number of anilines is 3. The number of carboxylic acids is 1. The highest BCUT2D eigenvalue weighted by Gasteiger charge is 2.36. The molecule has 0 amide bonds. The number of hydrogen-bond acceptors (Lipinski definition) is 4. The molecule has 4 aromatic rings. The smallest absolute Gasteiger partial charge is 0.346 e. The maximum absolute atomic E-state index is 11.2. The minimum Gasteiger partial charge on any atom is -0.477 e. The Kier molecular flexibility index (Phi) is 6.17. The molecule has 0 aliphatic carbocycles. The fourth-order valence-corrected chi connectivity index (χ4v) is 4.72. The number of para-hydroxylation sites is 2. The number of carboxylic acid groups (broad SMARTS) is 1. The van der Waals surface area contributed by atoms with Crippen LogP contribution in [0.1, 0.15) is 30.5 Å². The van der Waals surface area contributed by atoms with Crippen LogP contribution in [0.25, 0.3) is 6.08 Å². The summed E-state index contributed by atoms with van der Waals surface area (Å²) in [6.07, 6.45) is 1.37. The first-order valence-corrected chi connectivity index (χ1v) is 12.0. The Balaban J connectivity index is 1.51. The van der Waals surface area contributed by atoms with Crippen molar-refractivity contribution in [3.8, 4) is 6.07 Å². The summed E-state index contributed by atoms with van der Waals surface area (Å²) in [4.78, 5) is 18.4. The molecule has 5 heteroatoms. The van der Waals surface area contributed by atoms with Gasteiger partial charge >= 0.3 is 5.97 Å². The first-order chi connectivity index (χ1) is 17.9. The minimum absolute atomic E-state index is 0.299. The largest absolute Gasteiger partial charge is 0.477 e. The molecule has 180 valence electrons. The van der Waals surface area contributed by atoms with Gasteiger partial charge in [0.05, 0.1) is 11.4 Å². The summed E-state index contributed by atoms with van der Waals surface area (Å²) in [7, 11) is 0. The van der Waals surface area contributed by atoms with Crippen molar-refractivity contribution in [3.05, 3.63) is 125 Å². The second kappa shape index (κ2) is 9.60. The summed E-state index contributed by atoms with van der Waals surface area (Å²) < 4.78 is 0. The molecule has 1 aliphatic heterocycles. The topological polar surface area (TPSA) is 76.7 Å². The van der Waals surface area contributed by atoms with E-state index < -0.39 is 5.97 Å². The number of nitrogens with zero attached hydrogens (tertiary/aromatic N) is 3. The minimum atomic E-state index is -1.24. The Morgan fingerprint density at radius 3 is 2.00 bits per heavy atom. The van der Waals surface area contributed by atoms with Gasteiger partial charge in [-0.15, -0.1) is 0 Å². The molecule has 0 fully saturated rings. The number of carbonyl (C=O) groups is 1. The van der Waals surface area contributed by atoms with Crippen molar-refractivity contribution in [1.82, 2.24) is 0 Å². The average molecular weight is 484 g/mol. The monoisotopic (exact) mass is 483 g/mol. The first kappa shape index (κ1) is 23.8. The van der Waals surface area contributed by atoms with E-state index in [0.29, 0.717) is 5.56 Å². The highest BCUT2D eigenvalue weighted by molar-refractivity contribution is 6.12. The Morgan fingerprint density at radius 1 is 0.865 bits per heavy atom. The van der Waals surface area contributed by atoms with Crippen LogP contribution in [0.4, 0.5) is 22.7 Å². The summed E-state index contributed by atoms with van der Waals surface area (Å²) in [5.41, 5.74) is 7.19. The summed E-state index contributed by atoms with van der Waals surface area (Å²) in [5, 5.41) is 18.2. The van der Waals surface area contributed by atoms with Gasteiger partial charge in [0.2, 0.25) is 0 Å². The van der Waals surface area contributed by atoms with E-state index >= 15 is 0 Å². The number of aliphatic carboxylic acids is 1. The van der Waals surface area contributed by atoms with E-state index in [1.54, 1.807) is 6.07 Å². The molecule has 1 heterocycles. The van der Waals surface area contributed by atoms with Crippen molar-refractivity contribution in [2.24, 2.45) is 4.99 Å². The highest BCUT2D eigenvalue weighted by atomic mass is 16.4. The molecule has 0 atom stereocenters. The maximum Gasteiger partial charge on any atom is 0.346 e. The van der Waals surface area contributed by atoms with Crippen molar-refractivity contribution in [2.45, 2.75) is 19.3 Å². The van der Waals surface area contributed by atoms with Crippen LogP contribution in [0.2, 0.25) is 0 Å². The first-order valence-electron chi connectivity index (χ1n) is 12.0. The Bertz CT molecular complexity index is 1520. The summed E-state index contributed by atoms with van der Waals surface area (Å²) >= 11 is 0. The number of aliphatic imine (C=N–C) groups is 1. The molecule has 0 unspecified atom stereocenters. The Morgan fingerprint density at radius 2 is 1.46 bits per heavy atom. The van der Waals surface area contributed by atoms with Crippen molar-refractivity contribution in [3.63, 3.8) is 0 Å². The third-order valence-corrected chi connectivity index (χ3v) is 6.61. The quantitative estimate of drug-likeness (QED) is 0.227. The molecule has 0 aromatic heterocycles. The third-order valence-electron chi connectivity index (χ3n) is 6.61. The molecule has 0 spiro atoms. The molecular formula is C32H25N3O2. The zero-order valence-corrected chi connectivity index (χ0v) is 20.6. The van der Waals surface area contributed by atoms with Gasteiger partial charge in [0.25, 0.3) is 0 Å². The van der Waals surface area contributed by atoms with Crippen LogP contribution < -0.4 is 4.90 Å². The molecule has 37 heavy (non-hydrogen) atoms. The van der Waals surface area contributed by atoms with Gasteiger partial charge in [-0.2, -0.15) is 5.26 Å². The van der Waals surface area contributed by atoms with Gasteiger partial charge in [0, 0.05) is 22.5 Å². The van der Waals surface area contributed by atoms with Gasteiger partial charge in [-0.3, -0.25) is 4.99 Å². The summed E-state index contributed by atoms with van der Waals surface area (Å²) in [6.45, 7) is 4.34. The van der Waals surface area contributed by atoms with E-state index in [9.17, 15) is 4.79 Å². The van der Waals surface area contributed by atoms with Crippen LogP contribution >= 0.6 is 0 Å². The van der Waals surface area contributed by atoms with Gasteiger partial charge < -0.3 is 10.0 Å². The van der Waals surface area contributed by atoms with Gasteiger partial charge in [-0.25, -0.2) is 4.79 Å². The van der Waals surface area contributed by atoms with Crippen LogP contribution in [-0.4, -0.2) is 16.8 Å². The van der Waals surface area contributed by atoms with Crippen LogP contribution in [0.15, 0.2) is 114 Å². The van der Waals surface area contributed by atoms with E-state index in [2.05, 4.69) is 61.2 Å². The van der Waals surface area contributed by atoms with Gasteiger partial charge in [-0.1, -0.05) is 74.5 Å².